The van der Waals surface area contributed by atoms with Crippen LogP contribution in [0.15, 0.2) is 53.6 Å². The maximum atomic E-state index is 14.7. The summed E-state index contributed by atoms with van der Waals surface area (Å²) in [7, 11) is 0. The van der Waals surface area contributed by atoms with Crippen molar-refractivity contribution in [3.8, 4) is 16.8 Å². The minimum Gasteiger partial charge on any atom is -0.368 e. The van der Waals surface area contributed by atoms with Crippen molar-refractivity contribution >= 4 is 5.91 Å². The van der Waals surface area contributed by atoms with Crippen molar-refractivity contribution in [2.24, 2.45) is 5.92 Å². The lowest BCUT2D eigenvalue weighted by atomic mass is 9.80. The van der Waals surface area contributed by atoms with E-state index < -0.39 is 34.2 Å². The number of ether oxygens (including phenoxy) is 1. The van der Waals surface area contributed by atoms with Gasteiger partial charge < -0.3 is 4.74 Å². The molecule has 0 radical (unpaired) electrons. The van der Waals surface area contributed by atoms with Gasteiger partial charge in [0.2, 0.25) is 0 Å². The predicted octanol–water partition coefficient (Wildman–Crippen LogP) is 4.06. The number of hydrogen-bond acceptors (Lipinski definition) is 7. The number of rotatable bonds is 4. The maximum absolute atomic E-state index is 14.7. The van der Waals surface area contributed by atoms with E-state index in [-0.39, 0.29) is 23.0 Å². The highest BCUT2D eigenvalue weighted by molar-refractivity contribution is 6.00. The fourth-order valence-electron chi connectivity index (χ4n) is 5.19. The van der Waals surface area contributed by atoms with Gasteiger partial charge in [0.15, 0.2) is 0 Å². The second-order valence-electron chi connectivity index (χ2n) is 8.92. The minimum atomic E-state index is -1.37. The first kappa shape index (κ1) is 23.3. The second-order valence-corrected chi connectivity index (χ2v) is 8.92. The summed E-state index contributed by atoms with van der Waals surface area (Å²) in [6.07, 6.45) is 8.11. The number of benzene rings is 1. The molecule has 182 valence electrons. The summed E-state index contributed by atoms with van der Waals surface area (Å²) < 4.78 is 22.0. The number of para-hydroxylation sites is 1. The Hall–Kier alpha value is -3.47. The lowest BCUT2D eigenvalue weighted by molar-refractivity contribution is -0.260. The quantitative estimate of drug-likeness (QED) is 0.427. The smallest absolute Gasteiger partial charge is 0.309 e. The zero-order valence-electron chi connectivity index (χ0n) is 18.9. The number of carbonyl (C=O) groups excluding carboxylic acids is 1. The van der Waals surface area contributed by atoms with Crippen LogP contribution >= 0.6 is 0 Å². The summed E-state index contributed by atoms with van der Waals surface area (Å²) in [5.74, 6) is -1.65. The molecule has 0 spiro atoms. The summed E-state index contributed by atoms with van der Waals surface area (Å²) >= 11 is 0. The molecular weight excluding hydrogens is 455 g/mol. The highest BCUT2D eigenvalue weighted by Crippen LogP contribution is 2.43. The number of halogens is 1. The van der Waals surface area contributed by atoms with Crippen LogP contribution in [0.2, 0.25) is 0 Å². The van der Waals surface area contributed by atoms with Crippen molar-refractivity contribution in [2.75, 3.05) is 0 Å². The molecule has 2 aromatic heterocycles. The highest BCUT2D eigenvalue weighted by atomic mass is 19.1. The van der Waals surface area contributed by atoms with E-state index >= 15 is 0 Å². The van der Waals surface area contributed by atoms with E-state index in [0.29, 0.717) is 17.9 Å². The highest BCUT2D eigenvalue weighted by Gasteiger charge is 2.38. The van der Waals surface area contributed by atoms with Crippen molar-refractivity contribution in [1.82, 2.24) is 20.0 Å². The van der Waals surface area contributed by atoms with Crippen LogP contribution in [-0.4, -0.2) is 42.4 Å². The van der Waals surface area contributed by atoms with Crippen LogP contribution in [0.25, 0.3) is 16.8 Å². The first-order valence-electron chi connectivity index (χ1n) is 11.7. The van der Waals surface area contributed by atoms with Gasteiger partial charge in [0, 0.05) is 23.5 Å². The lowest BCUT2D eigenvalue weighted by Crippen LogP contribution is -2.38. The zero-order valence-corrected chi connectivity index (χ0v) is 18.9. The zero-order chi connectivity index (χ0) is 24.5. The van der Waals surface area contributed by atoms with E-state index in [1.807, 2.05) is 0 Å². The molecule has 3 unspecified atom stereocenters. The van der Waals surface area contributed by atoms with Crippen molar-refractivity contribution in [2.45, 2.75) is 50.7 Å². The number of hydrogen-bond donors (Lipinski definition) is 2. The molecule has 35 heavy (non-hydrogen) atoms. The molecule has 2 aliphatic rings. The molecule has 1 amide bonds. The Morgan fingerprint density at radius 1 is 1.09 bits per heavy atom. The van der Waals surface area contributed by atoms with Gasteiger partial charge in [0.25, 0.3) is 5.56 Å². The minimum absolute atomic E-state index is 0.0196. The number of pyridine rings is 1. The summed E-state index contributed by atoms with van der Waals surface area (Å²) in [5.41, 5.74) is -1.01. The Labute approximate surface area is 200 Å². The monoisotopic (exact) mass is 480 g/mol. The van der Waals surface area contributed by atoms with Crippen LogP contribution < -0.4 is 5.56 Å². The first-order valence-corrected chi connectivity index (χ1v) is 11.7. The van der Waals surface area contributed by atoms with Gasteiger partial charge in [-0.15, -0.1) is 0 Å². The predicted molar refractivity (Wildman–Crippen MR) is 122 cm³/mol. The SMILES string of the molecule is O=C(c1c(-c2cccnc2)c(C2CCC3CCCCC3O2)nn(-c2ccccc2F)c1=O)N(O)O. The van der Waals surface area contributed by atoms with E-state index in [9.17, 15) is 24.4 Å². The molecule has 2 fully saturated rings. The Kier molecular flexibility index (Phi) is 6.42. The third kappa shape index (κ3) is 4.36. The van der Waals surface area contributed by atoms with E-state index in [0.717, 1.165) is 36.8 Å². The summed E-state index contributed by atoms with van der Waals surface area (Å²) in [4.78, 5) is 30.5. The van der Waals surface area contributed by atoms with Gasteiger partial charge in [-0.05, 0) is 49.8 Å². The number of aromatic nitrogens is 3. The fraction of sp³-hybridized carbons (Fsp3) is 0.360. The van der Waals surface area contributed by atoms with Crippen LogP contribution in [0, 0.1) is 11.7 Å². The molecular formula is C25H25FN4O5. The number of hydroxylamine groups is 2. The molecule has 1 aromatic carbocycles. The largest absolute Gasteiger partial charge is 0.368 e. The van der Waals surface area contributed by atoms with Crippen molar-refractivity contribution in [1.29, 1.82) is 0 Å². The van der Waals surface area contributed by atoms with Crippen molar-refractivity contribution < 1.29 is 24.3 Å². The third-order valence-electron chi connectivity index (χ3n) is 6.83. The normalized spacial score (nSPS) is 21.9. The molecule has 10 heteroatoms. The average Bonchev–Trinajstić information content (AvgIpc) is 2.88. The molecule has 1 saturated carbocycles. The Morgan fingerprint density at radius 3 is 2.63 bits per heavy atom. The fourth-order valence-corrected chi connectivity index (χ4v) is 5.19. The molecule has 9 nitrogen and oxygen atoms in total. The van der Waals surface area contributed by atoms with E-state index in [1.54, 1.807) is 12.1 Å². The van der Waals surface area contributed by atoms with Crippen LogP contribution in [-0.2, 0) is 4.74 Å². The average molecular weight is 480 g/mol. The number of nitrogens with zero attached hydrogens (tertiary/aromatic N) is 4. The molecule has 2 N–H and O–H groups in total. The molecule has 1 saturated heterocycles. The lowest BCUT2D eigenvalue weighted by Gasteiger charge is -2.39. The summed E-state index contributed by atoms with van der Waals surface area (Å²) in [5, 5.41) is 23.1. The number of amides is 1. The van der Waals surface area contributed by atoms with Gasteiger partial charge in [0.1, 0.15) is 23.2 Å². The van der Waals surface area contributed by atoms with Gasteiger partial charge >= 0.3 is 5.91 Å². The number of fused-ring (bicyclic) bond motifs is 1. The van der Waals surface area contributed by atoms with Crippen LogP contribution in [0.5, 0.6) is 0 Å². The topological polar surface area (TPSA) is 118 Å². The molecule has 1 aliphatic carbocycles. The van der Waals surface area contributed by atoms with E-state index in [2.05, 4.69) is 10.1 Å². The van der Waals surface area contributed by atoms with Gasteiger partial charge in [-0.1, -0.05) is 36.3 Å². The molecule has 1 aliphatic heterocycles. The van der Waals surface area contributed by atoms with Gasteiger partial charge in [0.05, 0.1) is 11.8 Å². The molecule has 3 atom stereocenters. The molecule has 5 rings (SSSR count). The van der Waals surface area contributed by atoms with Gasteiger partial charge in [-0.25, -0.2) is 4.39 Å². The van der Waals surface area contributed by atoms with Crippen molar-refractivity contribution in [3.05, 3.63) is 76.2 Å². The van der Waals surface area contributed by atoms with Crippen LogP contribution in [0.1, 0.15) is 60.7 Å². The Balaban J connectivity index is 1.77. The number of carbonyl (C=O) groups is 1. The summed E-state index contributed by atoms with van der Waals surface area (Å²) in [6, 6.07) is 8.81. The maximum Gasteiger partial charge on any atom is 0.309 e. The van der Waals surface area contributed by atoms with Crippen LogP contribution in [0.3, 0.4) is 0 Å². The van der Waals surface area contributed by atoms with E-state index in [4.69, 9.17) is 4.74 Å². The Bertz CT molecular complexity index is 1300. The van der Waals surface area contributed by atoms with Gasteiger partial charge in [-0.3, -0.25) is 25.0 Å². The van der Waals surface area contributed by atoms with Gasteiger partial charge in [-0.2, -0.15) is 9.78 Å². The summed E-state index contributed by atoms with van der Waals surface area (Å²) in [6.45, 7) is 0. The second kappa shape index (κ2) is 9.65. The Morgan fingerprint density at radius 2 is 1.89 bits per heavy atom. The molecule has 0 bridgehead atoms. The molecule has 3 heterocycles. The van der Waals surface area contributed by atoms with Crippen LogP contribution in [0.4, 0.5) is 4.39 Å². The third-order valence-corrected chi connectivity index (χ3v) is 6.83. The first-order chi connectivity index (χ1) is 17.0. The van der Waals surface area contributed by atoms with E-state index in [1.165, 1.54) is 36.7 Å². The van der Waals surface area contributed by atoms with Crippen molar-refractivity contribution in [3.63, 3.8) is 0 Å². The molecule has 3 aromatic rings. The standard InChI is InChI=1S/C25H25FN4O5/c26-17-8-2-3-9-18(17)29-24(31)22(25(32)30(33)34)21(16-7-5-13-27-14-16)23(28-29)20-12-11-15-6-1-4-10-19(15)35-20/h2-3,5,7-9,13-15,19-20,33-34H,1,4,6,10-12H2.